The van der Waals surface area contributed by atoms with Gasteiger partial charge in [-0.05, 0) is 29.3 Å². The molecule has 0 fully saturated rings. The Morgan fingerprint density at radius 2 is 1.39 bits per heavy atom. The number of ether oxygens (including phenoxy) is 2. The van der Waals surface area contributed by atoms with Crippen LogP contribution in [0.25, 0.3) is 0 Å². The second-order valence-corrected chi connectivity index (χ2v) is 7.54. The van der Waals surface area contributed by atoms with Crippen molar-refractivity contribution in [2.45, 2.75) is 25.7 Å². The normalized spacial score (nSPS) is 11.2. The number of benzene rings is 3. The molecule has 3 aromatic rings. The standard InChI is InChI=1S/C25H23ClN2O5/c26-20-12-7-13-21(14-20)27-25(31)28-22(24(30)33-17-19-10-5-2-6-11-19)15-23(29)32-16-18-8-3-1-4-9-18/h1-14,22H,15-17H2,(H2,27,28,31)/t22-/m0/s1. The maximum absolute atomic E-state index is 12.7. The van der Waals surface area contributed by atoms with E-state index in [4.69, 9.17) is 21.1 Å². The molecule has 3 rings (SSSR count). The molecule has 0 unspecified atom stereocenters. The summed E-state index contributed by atoms with van der Waals surface area (Å²) in [6.45, 7) is 0.0625. The Balaban J connectivity index is 1.61. The minimum Gasteiger partial charge on any atom is -0.461 e. The first kappa shape index (κ1) is 23.8. The van der Waals surface area contributed by atoms with Gasteiger partial charge in [-0.2, -0.15) is 0 Å². The summed E-state index contributed by atoms with van der Waals surface area (Å²) in [6, 6.07) is 22.8. The molecule has 0 heterocycles. The van der Waals surface area contributed by atoms with E-state index in [1.54, 1.807) is 36.4 Å². The summed E-state index contributed by atoms with van der Waals surface area (Å²) in [5, 5.41) is 5.50. The van der Waals surface area contributed by atoms with Crippen molar-refractivity contribution >= 4 is 35.3 Å². The van der Waals surface area contributed by atoms with Crippen molar-refractivity contribution in [3.8, 4) is 0 Å². The maximum Gasteiger partial charge on any atom is 0.329 e. The van der Waals surface area contributed by atoms with Crippen LogP contribution in [0.15, 0.2) is 84.9 Å². The fraction of sp³-hybridized carbons (Fsp3) is 0.160. The first-order chi connectivity index (χ1) is 16.0. The zero-order chi connectivity index (χ0) is 23.5. The van der Waals surface area contributed by atoms with Crippen LogP contribution in [-0.2, 0) is 32.3 Å². The van der Waals surface area contributed by atoms with Crippen molar-refractivity contribution in [2.24, 2.45) is 0 Å². The van der Waals surface area contributed by atoms with E-state index in [-0.39, 0.29) is 19.6 Å². The van der Waals surface area contributed by atoms with E-state index < -0.39 is 24.0 Å². The summed E-state index contributed by atoms with van der Waals surface area (Å²) in [6.07, 6.45) is -0.385. The van der Waals surface area contributed by atoms with Crippen LogP contribution >= 0.6 is 11.6 Å². The molecule has 170 valence electrons. The molecular weight excluding hydrogens is 444 g/mol. The van der Waals surface area contributed by atoms with E-state index in [1.807, 2.05) is 48.5 Å². The second kappa shape index (κ2) is 12.3. The van der Waals surface area contributed by atoms with Crippen LogP contribution in [0.3, 0.4) is 0 Å². The highest BCUT2D eigenvalue weighted by Gasteiger charge is 2.26. The molecule has 0 radical (unpaired) electrons. The monoisotopic (exact) mass is 466 g/mol. The van der Waals surface area contributed by atoms with Gasteiger partial charge in [0.05, 0.1) is 6.42 Å². The first-order valence-electron chi connectivity index (χ1n) is 10.2. The van der Waals surface area contributed by atoms with Crippen molar-refractivity contribution < 1.29 is 23.9 Å². The Kier molecular flexibility index (Phi) is 8.85. The van der Waals surface area contributed by atoms with Gasteiger partial charge in [-0.1, -0.05) is 78.3 Å². The lowest BCUT2D eigenvalue weighted by Crippen LogP contribution is -2.45. The zero-order valence-electron chi connectivity index (χ0n) is 17.7. The number of rotatable bonds is 9. The average Bonchev–Trinajstić information content (AvgIpc) is 2.82. The van der Waals surface area contributed by atoms with Gasteiger partial charge in [0.15, 0.2) is 0 Å². The summed E-state index contributed by atoms with van der Waals surface area (Å²) in [5.74, 6) is -1.40. The summed E-state index contributed by atoms with van der Waals surface area (Å²) >= 11 is 5.93. The molecule has 0 aliphatic carbocycles. The number of anilines is 1. The molecule has 0 aliphatic heterocycles. The Labute approximate surface area is 196 Å². The number of esters is 2. The molecule has 0 saturated carbocycles. The average molecular weight is 467 g/mol. The molecule has 0 aromatic heterocycles. The predicted molar refractivity (Wildman–Crippen MR) is 124 cm³/mol. The van der Waals surface area contributed by atoms with Gasteiger partial charge in [-0.25, -0.2) is 9.59 Å². The van der Waals surface area contributed by atoms with Crippen LogP contribution in [0.4, 0.5) is 10.5 Å². The Hall–Kier alpha value is -3.84. The van der Waals surface area contributed by atoms with Gasteiger partial charge < -0.3 is 20.1 Å². The molecule has 33 heavy (non-hydrogen) atoms. The minimum atomic E-state index is -1.24. The maximum atomic E-state index is 12.7. The summed E-state index contributed by atoms with van der Waals surface area (Å²) in [4.78, 5) is 37.5. The van der Waals surface area contributed by atoms with E-state index >= 15 is 0 Å². The van der Waals surface area contributed by atoms with E-state index in [9.17, 15) is 14.4 Å². The predicted octanol–water partition coefficient (Wildman–Crippen LogP) is 4.71. The van der Waals surface area contributed by atoms with Gasteiger partial charge in [0, 0.05) is 10.7 Å². The molecule has 3 aromatic carbocycles. The number of carbonyl (C=O) groups is 3. The molecule has 7 nitrogen and oxygen atoms in total. The van der Waals surface area contributed by atoms with Crippen LogP contribution in [0.5, 0.6) is 0 Å². The molecule has 2 amide bonds. The highest BCUT2D eigenvalue weighted by molar-refractivity contribution is 6.30. The number of urea groups is 1. The number of hydrogen-bond donors (Lipinski definition) is 2. The smallest absolute Gasteiger partial charge is 0.329 e. The van der Waals surface area contributed by atoms with Gasteiger partial charge >= 0.3 is 18.0 Å². The van der Waals surface area contributed by atoms with Crippen molar-refractivity contribution in [2.75, 3.05) is 5.32 Å². The van der Waals surface area contributed by atoms with Crippen LogP contribution in [0.2, 0.25) is 5.02 Å². The lowest BCUT2D eigenvalue weighted by Gasteiger charge is -2.18. The van der Waals surface area contributed by atoms with Crippen molar-refractivity contribution in [1.29, 1.82) is 0 Å². The topological polar surface area (TPSA) is 93.7 Å². The molecule has 0 aliphatic rings. The van der Waals surface area contributed by atoms with Gasteiger partial charge in [-0.15, -0.1) is 0 Å². The number of amides is 2. The van der Waals surface area contributed by atoms with Crippen molar-refractivity contribution in [3.63, 3.8) is 0 Å². The third kappa shape index (κ3) is 8.31. The first-order valence-corrected chi connectivity index (χ1v) is 10.6. The second-order valence-electron chi connectivity index (χ2n) is 7.11. The third-order valence-electron chi connectivity index (χ3n) is 4.51. The van der Waals surface area contributed by atoms with Crippen LogP contribution in [0, 0.1) is 0 Å². The summed E-state index contributed by atoms with van der Waals surface area (Å²) in [5.41, 5.74) is 2.02. The minimum absolute atomic E-state index is 0.00677. The molecular formula is C25H23ClN2O5. The highest BCUT2D eigenvalue weighted by Crippen LogP contribution is 2.15. The number of halogens is 1. The quantitative estimate of drug-likeness (QED) is 0.445. The van der Waals surface area contributed by atoms with Crippen LogP contribution in [0.1, 0.15) is 17.5 Å². The molecule has 1 atom stereocenters. The zero-order valence-corrected chi connectivity index (χ0v) is 18.5. The van der Waals surface area contributed by atoms with Crippen molar-refractivity contribution in [1.82, 2.24) is 5.32 Å². The van der Waals surface area contributed by atoms with Crippen molar-refractivity contribution in [3.05, 3.63) is 101 Å². The molecule has 2 N–H and O–H groups in total. The SMILES string of the molecule is O=C(Nc1cccc(Cl)c1)N[C@@H](CC(=O)OCc1ccccc1)C(=O)OCc1ccccc1. The Morgan fingerprint density at radius 1 is 0.788 bits per heavy atom. The number of hydrogen-bond acceptors (Lipinski definition) is 5. The lowest BCUT2D eigenvalue weighted by atomic mass is 10.2. The van der Waals surface area contributed by atoms with Crippen LogP contribution < -0.4 is 10.6 Å². The number of nitrogens with one attached hydrogen (secondary N) is 2. The Bertz CT molecular complexity index is 1080. The van der Waals surface area contributed by atoms with Gasteiger partial charge in [0.1, 0.15) is 19.3 Å². The van der Waals surface area contributed by atoms with E-state index in [2.05, 4.69) is 10.6 Å². The van der Waals surface area contributed by atoms with E-state index in [0.717, 1.165) is 11.1 Å². The Morgan fingerprint density at radius 3 is 2.00 bits per heavy atom. The fourth-order valence-electron chi connectivity index (χ4n) is 2.88. The molecule has 0 bridgehead atoms. The van der Waals surface area contributed by atoms with Gasteiger partial charge in [0.25, 0.3) is 0 Å². The largest absolute Gasteiger partial charge is 0.461 e. The summed E-state index contributed by atoms with van der Waals surface area (Å²) < 4.78 is 10.6. The van der Waals surface area contributed by atoms with E-state index in [1.165, 1.54) is 0 Å². The highest BCUT2D eigenvalue weighted by atomic mass is 35.5. The number of carbonyl (C=O) groups excluding carboxylic acids is 3. The fourth-order valence-corrected chi connectivity index (χ4v) is 3.07. The lowest BCUT2D eigenvalue weighted by molar-refractivity contribution is -0.153. The van der Waals surface area contributed by atoms with Gasteiger partial charge in [-0.3, -0.25) is 4.79 Å². The molecule has 8 heteroatoms. The molecule has 0 spiro atoms. The summed E-state index contributed by atoms with van der Waals surface area (Å²) in [7, 11) is 0. The third-order valence-corrected chi connectivity index (χ3v) is 4.74. The molecule has 0 saturated heterocycles. The van der Waals surface area contributed by atoms with Crippen LogP contribution in [-0.4, -0.2) is 24.0 Å². The van der Waals surface area contributed by atoms with E-state index in [0.29, 0.717) is 10.7 Å². The van der Waals surface area contributed by atoms with Gasteiger partial charge in [0.2, 0.25) is 0 Å².